The second-order valence-electron chi connectivity index (χ2n) is 3.71. The highest BCUT2D eigenvalue weighted by atomic mass is 16.5. The number of anilines is 1. The minimum absolute atomic E-state index is 0.377. The van der Waals surface area contributed by atoms with Crippen molar-refractivity contribution in [3.8, 4) is 6.07 Å². The van der Waals surface area contributed by atoms with Crippen LogP contribution in [0.5, 0.6) is 0 Å². The zero-order valence-corrected chi connectivity index (χ0v) is 8.60. The van der Waals surface area contributed by atoms with E-state index in [2.05, 4.69) is 16.4 Å². The molecule has 1 heterocycles. The average Bonchev–Trinajstić information content (AvgIpc) is 2.23. The van der Waals surface area contributed by atoms with Gasteiger partial charge in [0, 0.05) is 19.3 Å². The lowest BCUT2D eigenvalue weighted by Gasteiger charge is -2.34. The molecule has 1 aliphatic carbocycles. The van der Waals surface area contributed by atoms with Crippen molar-refractivity contribution in [1.29, 1.82) is 5.26 Å². The van der Waals surface area contributed by atoms with Crippen molar-refractivity contribution < 1.29 is 4.74 Å². The average molecular weight is 203 g/mol. The van der Waals surface area contributed by atoms with Gasteiger partial charge in [0.25, 0.3) is 0 Å². The highest BCUT2D eigenvalue weighted by molar-refractivity contribution is 5.43. The molecule has 1 N–H and O–H groups in total. The van der Waals surface area contributed by atoms with Crippen molar-refractivity contribution in [2.24, 2.45) is 0 Å². The molecule has 0 spiro atoms. The number of nitrogens with zero attached hydrogens (tertiary/aromatic N) is 2. The van der Waals surface area contributed by atoms with Gasteiger partial charge in [-0.25, -0.2) is 4.98 Å². The number of methoxy groups -OCH3 is 1. The summed E-state index contributed by atoms with van der Waals surface area (Å²) in [5, 5.41) is 12.0. The maximum atomic E-state index is 8.72. The number of aromatic nitrogens is 1. The molecule has 0 amide bonds. The van der Waals surface area contributed by atoms with E-state index in [-0.39, 0.29) is 0 Å². The Labute approximate surface area is 88.9 Å². The summed E-state index contributed by atoms with van der Waals surface area (Å²) >= 11 is 0. The number of hydrogen-bond donors (Lipinski definition) is 1. The maximum Gasteiger partial charge on any atom is 0.127 e. The molecule has 2 rings (SSSR count). The second kappa shape index (κ2) is 4.28. The molecule has 0 aliphatic heterocycles. The first-order valence-electron chi connectivity index (χ1n) is 4.97. The van der Waals surface area contributed by atoms with Crippen LogP contribution in [0.3, 0.4) is 0 Å². The summed E-state index contributed by atoms with van der Waals surface area (Å²) in [4.78, 5) is 4.16. The molecular weight excluding hydrogens is 190 g/mol. The molecule has 4 nitrogen and oxygen atoms in total. The molecule has 4 heteroatoms. The van der Waals surface area contributed by atoms with Crippen molar-refractivity contribution in [3.05, 3.63) is 23.9 Å². The fourth-order valence-corrected chi connectivity index (χ4v) is 1.66. The standard InChI is InChI=1S/C11H13N3O/c1-15-10-5-9(6-10)14-11-4-8(7-12)2-3-13-11/h2-4,9-10H,5-6H2,1H3,(H,13,14). The third kappa shape index (κ3) is 2.25. The van der Waals surface area contributed by atoms with Crippen molar-refractivity contribution in [3.63, 3.8) is 0 Å². The minimum Gasteiger partial charge on any atom is -0.381 e. The van der Waals surface area contributed by atoms with Gasteiger partial charge in [0.15, 0.2) is 0 Å². The van der Waals surface area contributed by atoms with E-state index in [1.54, 1.807) is 25.4 Å². The van der Waals surface area contributed by atoms with Crippen molar-refractivity contribution in [2.75, 3.05) is 12.4 Å². The molecule has 1 aromatic heterocycles. The molecule has 0 saturated heterocycles. The van der Waals surface area contributed by atoms with Crippen molar-refractivity contribution in [1.82, 2.24) is 4.98 Å². The Bertz CT molecular complexity index is 380. The number of rotatable bonds is 3. The van der Waals surface area contributed by atoms with E-state index < -0.39 is 0 Å². The van der Waals surface area contributed by atoms with Crippen LogP contribution >= 0.6 is 0 Å². The minimum atomic E-state index is 0.377. The molecule has 78 valence electrons. The van der Waals surface area contributed by atoms with Gasteiger partial charge in [-0.05, 0) is 25.0 Å². The van der Waals surface area contributed by atoms with Gasteiger partial charge in [0.1, 0.15) is 5.82 Å². The zero-order valence-electron chi connectivity index (χ0n) is 8.60. The van der Waals surface area contributed by atoms with E-state index in [9.17, 15) is 0 Å². The maximum absolute atomic E-state index is 8.72. The summed E-state index contributed by atoms with van der Waals surface area (Å²) in [6.07, 6.45) is 4.04. The fourth-order valence-electron chi connectivity index (χ4n) is 1.66. The van der Waals surface area contributed by atoms with Crippen LogP contribution in [0, 0.1) is 11.3 Å². The third-order valence-corrected chi connectivity index (χ3v) is 2.67. The first-order chi connectivity index (χ1) is 7.31. The Hall–Kier alpha value is -1.60. The predicted octanol–water partition coefficient (Wildman–Crippen LogP) is 1.54. The Kier molecular flexibility index (Phi) is 2.84. The second-order valence-corrected chi connectivity index (χ2v) is 3.71. The van der Waals surface area contributed by atoms with Crippen molar-refractivity contribution in [2.45, 2.75) is 25.0 Å². The SMILES string of the molecule is COC1CC(Nc2cc(C#N)ccn2)C1. The number of ether oxygens (including phenoxy) is 1. The first kappa shape index (κ1) is 9.94. The highest BCUT2D eigenvalue weighted by Gasteiger charge is 2.28. The van der Waals surface area contributed by atoms with Gasteiger partial charge in [-0.15, -0.1) is 0 Å². The van der Waals surface area contributed by atoms with Crippen LogP contribution in [0.15, 0.2) is 18.3 Å². The highest BCUT2D eigenvalue weighted by Crippen LogP contribution is 2.25. The van der Waals surface area contributed by atoms with E-state index in [0.717, 1.165) is 18.7 Å². The molecule has 0 unspecified atom stereocenters. The Morgan fingerprint density at radius 1 is 1.60 bits per heavy atom. The zero-order chi connectivity index (χ0) is 10.7. The quantitative estimate of drug-likeness (QED) is 0.809. The van der Waals surface area contributed by atoms with E-state index in [0.29, 0.717) is 17.7 Å². The summed E-state index contributed by atoms with van der Waals surface area (Å²) in [5.74, 6) is 0.772. The Morgan fingerprint density at radius 2 is 2.40 bits per heavy atom. The monoisotopic (exact) mass is 203 g/mol. The van der Waals surface area contributed by atoms with Gasteiger partial charge in [0.05, 0.1) is 17.7 Å². The topological polar surface area (TPSA) is 57.9 Å². The lowest BCUT2D eigenvalue weighted by Crippen LogP contribution is -2.40. The molecule has 0 radical (unpaired) electrons. The first-order valence-corrected chi connectivity index (χ1v) is 4.97. The molecule has 0 atom stereocenters. The van der Waals surface area contributed by atoms with E-state index in [1.807, 2.05) is 0 Å². The molecular formula is C11H13N3O. The Balaban J connectivity index is 1.92. The van der Waals surface area contributed by atoms with Crippen LogP contribution in [0.2, 0.25) is 0 Å². The summed E-state index contributed by atoms with van der Waals surface area (Å²) in [6, 6.07) is 5.98. The van der Waals surface area contributed by atoms with Crippen LogP contribution in [0.4, 0.5) is 5.82 Å². The van der Waals surface area contributed by atoms with Crippen LogP contribution in [0.1, 0.15) is 18.4 Å². The summed E-state index contributed by atoms with van der Waals surface area (Å²) < 4.78 is 5.19. The van der Waals surface area contributed by atoms with E-state index in [1.165, 1.54) is 0 Å². The lowest BCUT2D eigenvalue weighted by molar-refractivity contribution is 0.0328. The molecule has 0 bridgehead atoms. The summed E-state index contributed by atoms with van der Waals surface area (Å²) in [6.45, 7) is 0. The van der Waals surface area contributed by atoms with Gasteiger partial charge in [0.2, 0.25) is 0 Å². The smallest absolute Gasteiger partial charge is 0.127 e. The Morgan fingerprint density at radius 3 is 3.07 bits per heavy atom. The molecule has 15 heavy (non-hydrogen) atoms. The van der Waals surface area contributed by atoms with Gasteiger partial charge in [-0.3, -0.25) is 0 Å². The van der Waals surface area contributed by atoms with Gasteiger partial charge in [-0.1, -0.05) is 0 Å². The summed E-state index contributed by atoms with van der Waals surface area (Å²) in [5.41, 5.74) is 0.634. The summed E-state index contributed by atoms with van der Waals surface area (Å²) in [7, 11) is 1.73. The van der Waals surface area contributed by atoms with Crippen LogP contribution in [-0.2, 0) is 4.74 Å². The lowest BCUT2D eigenvalue weighted by atomic mass is 9.89. The number of nitrogens with one attached hydrogen (secondary N) is 1. The number of hydrogen-bond acceptors (Lipinski definition) is 4. The number of nitriles is 1. The molecule has 1 aliphatic rings. The molecule has 1 aromatic rings. The molecule has 0 aromatic carbocycles. The molecule has 1 saturated carbocycles. The van der Waals surface area contributed by atoms with Crippen LogP contribution in [0.25, 0.3) is 0 Å². The predicted molar refractivity (Wildman–Crippen MR) is 56.4 cm³/mol. The van der Waals surface area contributed by atoms with Gasteiger partial charge < -0.3 is 10.1 Å². The third-order valence-electron chi connectivity index (χ3n) is 2.67. The van der Waals surface area contributed by atoms with Crippen molar-refractivity contribution >= 4 is 5.82 Å². The van der Waals surface area contributed by atoms with Gasteiger partial charge >= 0.3 is 0 Å². The van der Waals surface area contributed by atoms with E-state index in [4.69, 9.17) is 10.00 Å². The van der Waals surface area contributed by atoms with Crippen LogP contribution in [-0.4, -0.2) is 24.2 Å². The molecule has 1 fully saturated rings. The largest absolute Gasteiger partial charge is 0.381 e. The van der Waals surface area contributed by atoms with E-state index >= 15 is 0 Å². The fraction of sp³-hybridized carbons (Fsp3) is 0.455. The normalized spacial score (nSPS) is 24.0. The number of pyridine rings is 1. The van der Waals surface area contributed by atoms with Crippen LogP contribution < -0.4 is 5.32 Å². The van der Waals surface area contributed by atoms with Gasteiger partial charge in [-0.2, -0.15) is 5.26 Å².